The van der Waals surface area contributed by atoms with E-state index < -0.39 is 0 Å². The molecule has 1 amide bonds. The summed E-state index contributed by atoms with van der Waals surface area (Å²) in [5, 5.41) is 0. The van der Waals surface area contributed by atoms with Gasteiger partial charge in [-0.05, 0) is 6.42 Å². The number of carbonyl (C=O) groups excluding carboxylic acids is 2. The van der Waals surface area contributed by atoms with Crippen molar-refractivity contribution in [2.24, 2.45) is 5.92 Å². The monoisotopic (exact) mass is 211 g/mol. The van der Waals surface area contributed by atoms with Gasteiger partial charge in [0.1, 0.15) is 5.78 Å². The van der Waals surface area contributed by atoms with Crippen molar-refractivity contribution in [2.75, 3.05) is 13.1 Å². The molecule has 1 saturated heterocycles. The Morgan fingerprint density at radius 3 is 2.80 bits per heavy atom. The minimum atomic E-state index is 0.0360. The van der Waals surface area contributed by atoms with Gasteiger partial charge in [-0.3, -0.25) is 9.59 Å². The number of likely N-dealkylation sites (tertiary alicyclic amines) is 1. The molecule has 1 rings (SSSR count). The van der Waals surface area contributed by atoms with Crippen molar-refractivity contribution in [2.45, 2.75) is 46.0 Å². The molecule has 0 aromatic heterocycles. The number of hydrogen-bond acceptors (Lipinski definition) is 2. The lowest BCUT2D eigenvalue weighted by atomic mass is 9.98. The number of piperidine rings is 1. The summed E-state index contributed by atoms with van der Waals surface area (Å²) in [6.45, 7) is 5.30. The lowest BCUT2D eigenvalue weighted by Crippen LogP contribution is -2.43. The predicted molar refractivity (Wildman–Crippen MR) is 59.5 cm³/mol. The molecule has 0 saturated carbocycles. The fraction of sp³-hybridized carbons (Fsp3) is 0.833. The molecule has 0 spiro atoms. The summed E-state index contributed by atoms with van der Waals surface area (Å²) in [6.07, 6.45) is 4.43. The van der Waals surface area contributed by atoms with Gasteiger partial charge in [0.2, 0.25) is 5.91 Å². The summed E-state index contributed by atoms with van der Waals surface area (Å²) < 4.78 is 0. The van der Waals surface area contributed by atoms with E-state index in [1.165, 1.54) is 0 Å². The summed E-state index contributed by atoms with van der Waals surface area (Å²) in [7, 11) is 0. The number of carbonyl (C=O) groups is 2. The van der Waals surface area contributed by atoms with Crippen LogP contribution < -0.4 is 0 Å². The van der Waals surface area contributed by atoms with Gasteiger partial charge in [-0.2, -0.15) is 0 Å². The molecule has 1 unspecified atom stereocenters. The molecule has 3 heteroatoms. The van der Waals surface area contributed by atoms with Crippen LogP contribution >= 0.6 is 0 Å². The minimum Gasteiger partial charge on any atom is -0.342 e. The minimum absolute atomic E-state index is 0.0360. The summed E-state index contributed by atoms with van der Waals surface area (Å²) in [5.74, 6) is 0.560. The van der Waals surface area contributed by atoms with Gasteiger partial charge in [0.05, 0.1) is 0 Å². The van der Waals surface area contributed by atoms with Crippen LogP contribution in [0, 0.1) is 5.92 Å². The molecule has 0 aromatic carbocycles. The number of nitrogens with zero attached hydrogens (tertiary/aromatic N) is 1. The molecule has 15 heavy (non-hydrogen) atoms. The van der Waals surface area contributed by atoms with E-state index >= 15 is 0 Å². The Kier molecular flexibility index (Phi) is 4.79. The van der Waals surface area contributed by atoms with Gasteiger partial charge >= 0.3 is 0 Å². The fourth-order valence-electron chi connectivity index (χ4n) is 1.93. The van der Waals surface area contributed by atoms with E-state index in [9.17, 15) is 9.59 Å². The Bertz CT molecular complexity index is 238. The van der Waals surface area contributed by atoms with Crippen molar-refractivity contribution in [3.63, 3.8) is 0 Å². The maximum absolute atomic E-state index is 11.7. The standard InChI is InChI=1S/C12H21NO2/c1-3-4-5-6-12(15)13-8-7-11(14)10(2)9-13/h10H,3-9H2,1-2H3. The Morgan fingerprint density at radius 2 is 2.20 bits per heavy atom. The zero-order valence-corrected chi connectivity index (χ0v) is 9.79. The van der Waals surface area contributed by atoms with Gasteiger partial charge in [0.25, 0.3) is 0 Å². The lowest BCUT2D eigenvalue weighted by Gasteiger charge is -2.30. The predicted octanol–water partition coefficient (Wildman–Crippen LogP) is 2.00. The number of hydrogen-bond donors (Lipinski definition) is 0. The smallest absolute Gasteiger partial charge is 0.222 e. The van der Waals surface area contributed by atoms with Gasteiger partial charge in [-0.25, -0.2) is 0 Å². The van der Waals surface area contributed by atoms with Crippen molar-refractivity contribution < 1.29 is 9.59 Å². The van der Waals surface area contributed by atoms with E-state index in [4.69, 9.17) is 0 Å². The summed E-state index contributed by atoms with van der Waals surface area (Å²) in [4.78, 5) is 24.9. The van der Waals surface area contributed by atoms with Crippen LogP contribution in [0.3, 0.4) is 0 Å². The van der Waals surface area contributed by atoms with E-state index in [1.54, 1.807) is 0 Å². The first-order valence-electron chi connectivity index (χ1n) is 5.95. The molecule has 1 fully saturated rings. The van der Waals surface area contributed by atoms with Gasteiger partial charge in [0, 0.05) is 31.8 Å². The largest absolute Gasteiger partial charge is 0.342 e. The van der Waals surface area contributed by atoms with Gasteiger partial charge in [-0.1, -0.05) is 26.7 Å². The fourth-order valence-corrected chi connectivity index (χ4v) is 1.93. The third kappa shape index (κ3) is 3.65. The van der Waals surface area contributed by atoms with E-state index in [1.807, 2.05) is 11.8 Å². The second kappa shape index (κ2) is 5.89. The Balaban J connectivity index is 2.31. The Morgan fingerprint density at radius 1 is 1.47 bits per heavy atom. The first-order chi connectivity index (χ1) is 7.15. The second-order valence-corrected chi connectivity index (χ2v) is 4.41. The van der Waals surface area contributed by atoms with Crippen LogP contribution in [-0.2, 0) is 9.59 Å². The van der Waals surface area contributed by atoms with Crippen molar-refractivity contribution in [1.29, 1.82) is 0 Å². The van der Waals surface area contributed by atoms with Gasteiger partial charge in [0.15, 0.2) is 0 Å². The quantitative estimate of drug-likeness (QED) is 0.667. The van der Waals surface area contributed by atoms with Crippen LogP contribution in [0.1, 0.15) is 46.0 Å². The maximum Gasteiger partial charge on any atom is 0.222 e. The molecule has 0 N–H and O–H groups in total. The molecule has 1 aliphatic rings. The van der Waals surface area contributed by atoms with Crippen molar-refractivity contribution in [3.05, 3.63) is 0 Å². The van der Waals surface area contributed by atoms with Gasteiger partial charge < -0.3 is 4.90 Å². The summed E-state index contributed by atoms with van der Waals surface area (Å²) in [6, 6.07) is 0. The highest BCUT2D eigenvalue weighted by Crippen LogP contribution is 2.14. The van der Waals surface area contributed by atoms with Crippen LogP contribution in [0.4, 0.5) is 0 Å². The van der Waals surface area contributed by atoms with Crippen molar-refractivity contribution in [3.8, 4) is 0 Å². The summed E-state index contributed by atoms with van der Waals surface area (Å²) >= 11 is 0. The molecule has 0 bridgehead atoms. The van der Waals surface area contributed by atoms with E-state index in [0.717, 1.165) is 19.3 Å². The molecule has 3 nitrogen and oxygen atoms in total. The molecule has 86 valence electrons. The van der Waals surface area contributed by atoms with Crippen LogP contribution in [0.15, 0.2) is 0 Å². The topological polar surface area (TPSA) is 37.4 Å². The molecule has 0 aliphatic carbocycles. The number of ketones is 1. The second-order valence-electron chi connectivity index (χ2n) is 4.41. The van der Waals surface area contributed by atoms with Gasteiger partial charge in [-0.15, -0.1) is 0 Å². The van der Waals surface area contributed by atoms with E-state index in [2.05, 4.69) is 6.92 Å². The maximum atomic E-state index is 11.7. The molecule has 1 aliphatic heterocycles. The Hall–Kier alpha value is -0.860. The van der Waals surface area contributed by atoms with Crippen LogP contribution in [0.2, 0.25) is 0 Å². The van der Waals surface area contributed by atoms with Crippen molar-refractivity contribution in [1.82, 2.24) is 4.90 Å². The highest BCUT2D eigenvalue weighted by Gasteiger charge is 2.25. The SMILES string of the molecule is CCCCCC(=O)N1CCC(=O)C(C)C1. The average Bonchev–Trinajstić information content (AvgIpc) is 2.22. The molecular formula is C12H21NO2. The lowest BCUT2D eigenvalue weighted by molar-refractivity contribution is -0.136. The third-order valence-electron chi connectivity index (χ3n) is 3.02. The molecule has 0 aromatic rings. The normalized spacial score (nSPS) is 21.9. The first-order valence-corrected chi connectivity index (χ1v) is 5.95. The summed E-state index contributed by atoms with van der Waals surface area (Å²) in [5.41, 5.74) is 0. The zero-order chi connectivity index (χ0) is 11.3. The number of Topliss-reactive ketones (excluding diaryl/α,β-unsaturated/α-hetero) is 1. The highest BCUT2D eigenvalue weighted by molar-refractivity contribution is 5.85. The molecular weight excluding hydrogens is 190 g/mol. The molecule has 1 atom stereocenters. The molecule has 1 heterocycles. The zero-order valence-electron chi connectivity index (χ0n) is 9.79. The average molecular weight is 211 g/mol. The number of amides is 1. The van der Waals surface area contributed by atoms with E-state index in [-0.39, 0.29) is 11.8 Å². The molecule has 0 radical (unpaired) electrons. The number of rotatable bonds is 4. The van der Waals surface area contributed by atoms with Crippen molar-refractivity contribution >= 4 is 11.7 Å². The van der Waals surface area contributed by atoms with Crippen LogP contribution in [0.5, 0.6) is 0 Å². The third-order valence-corrected chi connectivity index (χ3v) is 3.02. The Labute approximate surface area is 91.8 Å². The number of unbranched alkanes of at least 4 members (excludes halogenated alkanes) is 2. The van der Waals surface area contributed by atoms with Crippen LogP contribution in [0.25, 0.3) is 0 Å². The van der Waals surface area contributed by atoms with Crippen LogP contribution in [-0.4, -0.2) is 29.7 Å². The van der Waals surface area contributed by atoms with E-state index in [0.29, 0.717) is 31.7 Å². The highest BCUT2D eigenvalue weighted by atomic mass is 16.2. The first kappa shape index (κ1) is 12.2.